The van der Waals surface area contributed by atoms with Crippen LogP contribution in [-0.4, -0.2) is 13.1 Å². The summed E-state index contributed by atoms with van der Waals surface area (Å²) in [6.07, 6.45) is 0. The van der Waals surface area contributed by atoms with Crippen LogP contribution in [0.4, 0.5) is 0 Å². The summed E-state index contributed by atoms with van der Waals surface area (Å²) in [5.41, 5.74) is 1.83. The zero-order chi connectivity index (χ0) is 14.8. The molecule has 4 nitrogen and oxygen atoms in total. The van der Waals surface area contributed by atoms with Gasteiger partial charge >= 0.3 is 5.97 Å². The zero-order valence-corrected chi connectivity index (χ0v) is 12.0. The Morgan fingerprint density at radius 1 is 1.14 bits per heavy atom. The molecule has 0 N–H and O–H groups in total. The highest BCUT2D eigenvalue weighted by molar-refractivity contribution is 5.77. The third-order valence-electron chi connectivity index (χ3n) is 3.60. The highest BCUT2D eigenvalue weighted by Gasteiger charge is 2.20. The van der Waals surface area contributed by atoms with Crippen LogP contribution in [0.2, 0.25) is 0 Å². The molecule has 0 saturated carbocycles. The van der Waals surface area contributed by atoms with Crippen molar-refractivity contribution in [2.75, 3.05) is 7.11 Å². The van der Waals surface area contributed by atoms with Gasteiger partial charge in [-0.3, -0.25) is 4.79 Å². The van der Waals surface area contributed by atoms with Crippen molar-refractivity contribution in [2.24, 2.45) is 0 Å². The van der Waals surface area contributed by atoms with Crippen LogP contribution in [0.15, 0.2) is 42.5 Å². The van der Waals surface area contributed by atoms with Gasteiger partial charge in [0.1, 0.15) is 12.4 Å². The molecule has 0 bridgehead atoms. The molecule has 0 fully saturated rings. The van der Waals surface area contributed by atoms with Gasteiger partial charge in [-0.25, -0.2) is 0 Å². The van der Waals surface area contributed by atoms with Gasteiger partial charge in [0.15, 0.2) is 11.5 Å². The van der Waals surface area contributed by atoms with Gasteiger partial charge in [0.05, 0.1) is 13.0 Å². The summed E-state index contributed by atoms with van der Waals surface area (Å²) in [5.74, 6) is 1.45. The molecule has 0 spiro atoms. The fourth-order valence-corrected chi connectivity index (χ4v) is 2.30. The molecule has 0 aromatic heterocycles. The minimum atomic E-state index is -0.345. The molecule has 4 heteroatoms. The SMILES string of the molecule is COC(=O)[C@@H](C)c1ccc2c(c1)Oc1ccccc1CO2. The molecule has 0 saturated heterocycles. The minimum Gasteiger partial charge on any atom is -0.485 e. The maximum absolute atomic E-state index is 11.7. The quantitative estimate of drug-likeness (QED) is 0.790. The van der Waals surface area contributed by atoms with Gasteiger partial charge in [-0.2, -0.15) is 0 Å². The van der Waals surface area contributed by atoms with Gasteiger partial charge in [-0.15, -0.1) is 0 Å². The molecule has 0 unspecified atom stereocenters. The smallest absolute Gasteiger partial charge is 0.312 e. The molecule has 0 aliphatic carbocycles. The fourth-order valence-electron chi connectivity index (χ4n) is 2.30. The van der Waals surface area contributed by atoms with Gasteiger partial charge in [-0.1, -0.05) is 24.3 Å². The Labute approximate surface area is 123 Å². The topological polar surface area (TPSA) is 44.8 Å². The Bertz CT molecular complexity index is 678. The number of hydrogen-bond acceptors (Lipinski definition) is 4. The van der Waals surface area contributed by atoms with E-state index in [9.17, 15) is 4.79 Å². The first-order chi connectivity index (χ1) is 10.2. The van der Waals surface area contributed by atoms with Crippen LogP contribution >= 0.6 is 0 Å². The summed E-state index contributed by atoms with van der Waals surface area (Å²) in [6.45, 7) is 2.27. The minimum absolute atomic E-state index is 0.273. The molecular formula is C17H16O4. The fraction of sp³-hybridized carbons (Fsp3) is 0.235. The maximum Gasteiger partial charge on any atom is 0.312 e. The van der Waals surface area contributed by atoms with E-state index in [2.05, 4.69) is 0 Å². The molecule has 2 aromatic rings. The van der Waals surface area contributed by atoms with Crippen molar-refractivity contribution in [3.05, 3.63) is 53.6 Å². The lowest BCUT2D eigenvalue weighted by Crippen LogP contribution is -2.10. The second-order valence-corrected chi connectivity index (χ2v) is 4.95. The van der Waals surface area contributed by atoms with Crippen LogP contribution < -0.4 is 9.47 Å². The average molecular weight is 284 g/mol. The molecule has 108 valence electrons. The molecule has 1 atom stereocenters. The highest BCUT2D eigenvalue weighted by Crippen LogP contribution is 2.39. The summed E-state index contributed by atoms with van der Waals surface area (Å²) < 4.78 is 16.5. The number of fused-ring (bicyclic) bond motifs is 2. The maximum atomic E-state index is 11.7. The van der Waals surface area contributed by atoms with Gasteiger partial charge < -0.3 is 14.2 Å². The molecule has 0 amide bonds. The van der Waals surface area contributed by atoms with E-state index in [4.69, 9.17) is 14.2 Å². The molecule has 1 aliphatic heterocycles. The lowest BCUT2D eigenvalue weighted by Gasteiger charge is -2.13. The predicted octanol–water partition coefficient (Wildman–Crippen LogP) is 3.65. The largest absolute Gasteiger partial charge is 0.485 e. The Balaban J connectivity index is 1.96. The van der Waals surface area contributed by atoms with E-state index in [0.29, 0.717) is 18.1 Å². The van der Waals surface area contributed by atoms with Crippen LogP contribution in [0.5, 0.6) is 17.2 Å². The third-order valence-corrected chi connectivity index (χ3v) is 3.60. The van der Waals surface area contributed by atoms with Crippen molar-refractivity contribution in [1.29, 1.82) is 0 Å². The Morgan fingerprint density at radius 3 is 2.76 bits per heavy atom. The summed E-state index contributed by atoms with van der Waals surface area (Å²) in [5, 5.41) is 0. The molecule has 0 radical (unpaired) electrons. The summed E-state index contributed by atoms with van der Waals surface area (Å²) in [6, 6.07) is 13.3. The molecule has 2 aromatic carbocycles. The average Bonchev–Trinajstić information content (AvgIpc) is 2.71. The lowest BCUT2D eigenvalue weighted by molar-refractivity contribution is -0.141. The van der Waals surface area contributed by atoms with Crippen LogP contribution in [-0.2, 0) is 16.1 Å². The van der Waals surface area contributed by atoms with E-state index in [-0.39, 0.29) is 11.9 Å². The van der Waals surface area contributed by atoms with E-state index in [0.717, 1.165) is 16.9 Å². The number of methoxy groups -OCH3 is 1. The monoisotopic (exact) mass is 284 g/mol. The van der Waals surface area contributed by atoms with Crippen molar-refractivity contribution in [3.8, 4) is 17.2 Å². The van der Waals surface area contributed by atoms with E-state index in [1.165, 1.54) is 7.11 Å². The zero-order valence-electron chi connectivity index (χ0n) is 12.0. The van der Waals surface area contributed by atoms with Crippen molar-refractivity contribution < 1.29 is 19.0 Å². The van der Waals surface area contributed by atoms with E-state index in [1.807, 2.05) is 42.5 Å². The standard InChI is InChI=1S/C17H16O4/c1-11(17(18)19-2)12-7-8-15-16(9-12)21-14-6-4-3-5-13(14)10-20-15/h3-9,11H,10H2,1-2H3/t11-/m0/s1. The van der Waals surface area contributed by atoms with Gasteiger partial charge in [0.2, 0.25) is 0 Å². The first kappa shape index (κ1) is 13.5. The first-order valence-electron chi connectivity index (χ1n) is 6.79. The molecule has 1 aliphatic rings. The van der Waals surface area contributed by atoms with E-state index < -0.39 is 0 Å². The number of carbonyl (C=O) groups is 1. The number of carbonyl (C=O) groups excluding carboxylic acids is 1. The number of rotatable bonds is 2. The van der Waals surface area contributed by atoms with Crippen LogP contribution in [0.3, 0.4) is 0 Å². The number of para-hydroxylation sites is 1. The van der Waals surface area contributed by atoms with Crippen molar-refractivity contribution in [1.82, 2.24) is 0 Å². The summed E-state index contributed by atoms with van der Waals surface area (Å²) in [4.78, 5) is 11.7. The summed E-state index contributed by atoms with van der Waals surface area (Å²) >= 11 is 0. The first-order valence-corrected chi connectivity index (χ1v) is 6.79. The predicted molar refractivity (Wildman–Crippen MR) is 77.7 cm³/mol. The van der Waals surface area contributed by atoms with Crippen molar-refractivity contribution >= 4 is 5.97 Å². The molecule has 3 rings (SSSR count). The Morgan fingerprint density at radius 2 is 1.95 bits per heavy atom. The number of benzene rings is 2. The Hall–Kier alpha value is -2.49. The van der Waals surface area contributed by atoms with E-state index in [1.54, 1.807) is 6.92 Å². The molecule has 1 heterocycles. The second kappa shape index (κ2) is 5.48. The second-order valence-electron chi connectivity index (χ2n) is 4.95. The summed E-state index contributed by atoms with van der Waals surface area (Å²) in [7, 11) is 1.39. The van der Waals surface area contributed by atoms with Gasteiger partial charge in [0, 0.05) is 5.56 Å². The van der Waals surface area contributed by atoms with E-state index >= 15 is 0 Å². The van der Waals surface area contributed by atoms with Crippen molar-refractivity contribution in [3.63, 3.8) is 0 Å². The third kappa shape index (κ3) is 2.57. The number of hydrogen-bond donors (Lipinski definition) is 0. The Kier molecular flexibility index (Phi) is 3.52. The molecular weight excluding hydrogens is 268 g/mol. The van der Waals surface area contributed by atoms with Crippen LogP contribution in [0.25, 0.3) is 0 Å². The molecule has 21 heavy (non-hydrogen) atoms. The lowest BCUT2D eigenvalue weighted by atomic mass is 10.0. The van der Waals surface area contributed by atoms with Crippen LogP contribution in [0, 0.1) is 0 Å². The van der Waals surface area contributed by atoms with Crippen molar-refractivity contribution in [2.45, 2.75) is 19.4 Å². The van der Waals surface area contributed by atoms with Crippen LogP contribution in [0.1, 0.15) is 24.0 Å². The number of ether oxygens (including phenoxy) is 3. The number of esters is 1. The highest BCUT2D eigenvalue weighted by atomic mass is 16.5. The van der Waals surface area contributed by atoms with Gasteiger partial charge in [0.25, 0.3) is 0 Å². The normalized spacial score (nSPS) is 13.8. The van der Waals surface area contributed by atoms with Gasteiger partial charge in [-0.05, 0) is 30.7 Å².